The summed E-state index contributed by atoms with van der Waals surface area (Å²) >= 11 is 5.20. The van der Waals surface area contributed by atoms with Gasteiger partial charge in [-0.3, -0.25) is 10.1 Å². The molecule has 0 radical (unpaired) electrons. The van der Waals surface area contributed by atoms with Crippen LogP contribution in [0, 0.1) is 13.8 Å². The molecule has 0 unspecified atom stereocenters. The number of carbonyl (C=O) groups is 1. The molecule has 0 bridgehead atoms. The minimum atomic E-state index is -0.281. The third kappa shape index (κ3) is 6.04. The maximum Gasteiger partial charge on any atom is 0.250 e. The fourth-order valence-electron chi connectivity index (χ4n) is 2.19. The van der Waals surface area contributed by atoms with Crippen LogP contribution in [0.3, 0.4) is 0 Å². The largest absolute Gasteiger partial charge is 0.494 e. The lowest BCUT2D eigenvalue weighted by molar-refractivity contribution is -0.115. The molecule has 0 atom stereocenters. The van der Waals surface area contributed by atoms with Crippen molar-refractivity contribution in [3.63, 3.8) is 0 Å². The molecule has 0 aliphatic rings. The monoisotopic (exact) mass is 354 g/mol. The van der Waals surface area contributed by atoms with Gasteiger partial charge in [0.1, 0.15) is 5.75 Å². The molecule has 130 valence electrons. The van der Waals surface area contributed by atoms with Crippen LogP contribution >= 0.6 is 12.2 Å². The van der Waals surface area contributed by atoms with Crippen LogP contribution in [0.5, 0.6) is 5.75 Å². The quantitative estimate of drug-likeness (QED) is 0.623. The first-order valence-electron chi connectivity index (χ1n) is 8.08. The summed E-state index contributed by atoms with van der Waals surface area (Å²) in [6.45, 7) is 6.56. The van der Waals surface area contributed by atoms with Gasteiger partial charge in [-0.1, -0.05) is 24.3 Å². The molecule has 2 N–H and O–H groups in total. The number of hydrogen-bond donors (Lipinski definition) is 2. The van der Waals surface area contributed by atoms with Gasteiger partial charge in [-0.15, -0.1) is 0 Å². The smallest absolute Gasteiger partial charge is 0.250 e. The Bertz CT molecular complexity index is 783. The Morgan fingerprint density at radius 1 is 1.16 bits per heavy atom. The molecule has 0 aromatic heterocycles. The Kier molecular flexibility index (Phi) is 6.71. The molecule has 1 amide bonds. The highest BCUT2D eigenvalue weighted by Gasteiger charge is 2.04. The van der Waals surface area contributed by atoms with E-state index in [9.17, 15) is 4.79 Å². The molecule has 0 heterocycles. The first-order chi connectivity index (χ1) is 12.0. The summed E-state index contributed by atoms with van der Waals surface area (Å²) in [7, 11) is 0. The van der Waals surface area contributed by atoms with Gasteiger partial charge in [0.25, 0.3) is 0 Å². The van der Waals surface area contributed by atoms with Crippen LogP contribution in [0.15, 0.2) is 48.5 Å². The summed E-state index contributed by atoms with van der Waals surface area (Å²) in [4.78, 5) is 12.0. The van der Waals surface area contributed by atoms with E-state index in [0.29, 0.717) is 6.61 Å². The van der Waals surface area contributed by atoms with Crippen LogP contribution in [-0.4, -0.2) is 17.6 Å². The molecule has 2 aromatic rings. The number of anilines is 1. The molecule has 0 saturated carbocycles. The average Bonchev–Trinajstić information content (AvgIpc) is 2.58. The topological polar surface area (TPSA) is 50.4 Å². The van der Waals surface area contributed by atoms with Crippen molar-refractivity contribution in [1.29, 1.82) is 0 Å². The van der Waals surface area contributed by atoms with E-state index in [0.717, 1.165) is 28.1 Å². The predicted octanol–water partition coefficient (Wildman–Crippen LogP) is 4.23. The SMILES string of the molecule is CCOc1ccc(/C=C/C(=O)NC(=S)Nc2cc(C)ccc2C)cc1. The Morgan fingerprint density at radius 3 is 2.56 bits per heavy atom. The highest BCUT2D eigenvalue weighted by Crippen LogP contribution is 2.16. The highest BCUT2D eigenvalue weighted by molar-refractivity contribution is 7.80. The molecule has 4 nitrogen and oxygen atoms in total. The van der Waals surface area contributed by atoms with E-state index in [1.165, 1.54) is 6.08 Å². The standard InChI is InChI=1S/C20H22N2O2S/c1-4-24-17-10-7-16(8-11-17)9-12-19(23)22-20(25)21-18-13-14(2)5-6-15(18)3/h5-13H,4H2,1-3H3,(H2,21,22,23,25)/b12-9+. The maximum absolute atomic E-state index is 12.0. The molecule has 0 fully saturated rings. The third-order valence-corrected chi connectivity index (χ3v) is 3.70. The minimum absolute atomic E-state index is 0.273. The van der Waals surface area contributed by atoms with Gasteiger partial charge in [0.2, 0.25) is 5.91 Å². The number of aryl methyl sites for hydroxylation is 2. The van der Waals surface area contributed by atoms with Gasteiger partial charge in [-0.2, -0.15) is 0 Å². The lowest BCUT2D eigenvalue weighted by Crippen LogP contribution is -2.33. The molecule has 0 aliphatic carbocycles. The molecule has 25 heavy (non-hydrogen) atoms. The van der Waals surface area contributed by atoms with E-state index in [4.69, 9.17) is 17.0 Å². The summed E-state index contributed by atoms with van der Waals surface area (Å²) in [5.41, 5.74) is 3.98. The summed E-state index contributed by atoms with van der Waals surface area (Å²) < 4.78 is 5.38. The number of thiocarbonyl (C=S) groups is 1. The Balaban J connectivity index is 1.90. The second kappa shape index (κ2) is 8.99. The normalized spacial score (nSPS) is 10.5. The number of nitrogens with one attached hydrogen (secondary N) is 2. The predicted molar refractivity (Wildman–Crippen MR) is 107 cm³/mol. The van der Waals surface area contributed by atoms with Crippen molar-refractivity contribution in [2.45, 2.75) is 20.8 Å². The second-order valence-electron chi connectivity index (χ2n) is 5.60. The van der Waals surface area contributed by atoms with Crippen LogP contribution in [0.4, 0.5) is 5.69 Å². The van der Waals surface area contributed by atoms with Crippen molar-refractivity contribution < 1.29 is 9.53 Å². The summed E-state index contributed by atoms with van der Waals surface area (Å²) in [5.74, 6) is 0.527. The van der Waals surface area contributed by atoms with E-state index in [1.54, 1.807) is 6.08 Å². The van der Waals surface area contributed by atoms with Crippen molar-refractivity contribution in [2.24, 2.45) is 0 Å². The van der Waals surface area contributed by atoms with Gasteiger partial charge in [0.05, 0.1) is 6.61 Å². The van der Waals surface area contributed by atoms with Gasteiger partial charge in [0.15, 0.2) is 5.11 Å². The number of ether oxygens (including phenoxy) is 1. The number of carbonyl (C=O) groups excluding carboxylic acids is 1. The van der Waals surface area contributed by atoms with Gasteiger partial charge in [-0.05, 0) is 74.0 Å². The molecule has 2 rings (SSSR count). The van der Waals surface area contributed by atoms with Gasteiger partial charge < -0.3 is 10.1 Å². The van der Waals surface area contributed by atoms with E-state index < -0.39 is 0 Å². The lowest BCUT2D eigenvalue weighted by Gasteiger charge is -2.11. The van der Waals surface area contributed by atoms with Crippen molar-refractivity contribution in [2.75, 3.05) is 11.9 Å². The fourth-order valence-corrected chi connectivity index (χ4v) is 2.40. The zero-order chi connectivity index (χ0) is 18.2. The molecule has 2 aromatic carbocycles. The Morgan fingerprint density at radius 2 is 1.88 bits per heavy atom. The molecular formula is C20H22N2O2S. The van der Waals surface area contributed by atoms with Crippen LogP contribution in [-0.2, 0) is 4.79 Å². The Labute approximate surface area is 153 Å². The van der Waals surface area contributed by atoms with E-state index in [1.807, 2.05) is 63.2 Å². The van der Waals surface area contributed by atoms with E-state index in [-0.39, 0.29) is 11.0 Å². The van der Waals surface area contributed by atoms with Gasteiger partial charge >= 0.3 is 0 Å². The van der Waals surface area contributed by atoms with Crippen LogP contribution < -0.4 is 15.4 Å². The van der Waals surface area contributed by atoms with Gasteiger partial charge in [-0.25, -0.2) is 0 Å². The highest BCUT2D eigenvalue weighted by atomic mass is 32.1. The third-order valence-electron chi connectivity index (χ3n) is 3.50. The first kappa shape index (κ1) is 18.7. The molecule has 0 aliphatic heterocycles. The maximum atomic E-state index is 12.0. The van der Waals surface area contributed by atoms with E-state index >= 15 is 0 Å². The number of benzene rings is 2. The molecular weight excluding hydrogens is 332 g/mol. The van der Waals surface area contributed by atoms with Crippen molar-refractivity contribution in [3.05, 3.63) is 65.2 Å². The lowest BCUT2D eigenvalue weighted by atomic mass is 10.1. The number of hydrogen-bond acceptors (Lipinski definition) is 3. The van der Waals surface area contributed by atoms with Gasteiger partial charge in [0, 0.05) is 11.8 Å². The van der Waals surface area contributed by atoms with Crippen LogP contribution in [0.1, 0.15) is 23.6 Å². The summed E-state index contributed by atoms with van der Waals surface area (Å²) in [5, 5.41) is 5.97. The molecule has 0 spiro atoms. The number of amides is 1. The van der Waals surface area contributed by atoms with Crippen LogP contribution in [0.25, 0.3) is 6.08 Å². The first-order valence-corrected chi connectivity index (χ1v) is 8.49. The molecule has 5 heteroatoms. The second-order valence-corrected chi connectivity index (χ2v) is 6.01. The molecule has 0 saturated heterocycles. The Hall–Kier alpha value is -2.66. The minimum Gasteiger partial charge on any atom is -0.494 e. The van der Waals surface area contributed by atoms with Crippen molar-refractivity contribution >= 4 is 35.0 Å². The number of rotatable bonds is 5. The van der Waals surface area contributed by atoms with Crippen molar-refractivity contribution in [1.82, 2.24) is 5.32 Å². The van der Waals surface area contributed by atoms with Crippen LogP contribution in [0.2, 0.25) is 0 Å². The zero-order valence-corrected chi connectivity index (χ0v) is 15.4. The fraction of sp³-hybridized carbons (Fsp3) is 0.200. The van der Waals surface area contributed by atoms with E-state index in [2.05, 4.69) is 10.6 Å². The van der Waals surface area contributed by atoms with Crippen molar-refractivity contribution in [3.8, 4) is 5.75 Å². The summed E-state index contributed by atoms with van der Waals surface area (Å²) in [6.07, 6.45) is 3.18. The zero-order valence-electron chi connectivity index (χ0n) is 14.6. The summed E-state index contributed by atoms with van der Waals surface area (Å²) in [6, 6.07) is 13.5. The average molecular weight is 354 g/mol.